The Hall–Kier alpha value is -2.14. The van der Waals surface area contributed by atoms with Crippen LogP contribution < -0.4 is 16.4 Å². The molecule has 4 N–H and O–H groups in total. The molecule has 5 nitrogen and oxygen atoms in total. The normalized spacial score (nSPS) is 20.7. The lowest BCUT2D eigenvalue weighted by molar-refractivity contribution is -0.118. The predicted molar refractivity (Wildman–Crippen MR) is 78.3 cm³/mol. The van der Waals surface area contributed by atoms with E-state index in [0.29, 0.717) is 24.2 Å². The van der Waals surface area contributed by atoms with E-state index in [2.05, 4.69) is 10.6 Å². The van der Waals surface area contributed by atoms with Gasteiger partial charge in [-0.05, 0) is 37.6 Å². The van der Waals surface area contributed by atoms with Gasteiger partial charge in [0.05, 0.1) is 5.92 Å². The van der Waals surface area contributed by atoms with Crippen LogP contribution in [0.15, 0.2) is 36.4 Å². The van der Waals surface area contributed by atoms with E-state index in [-0.39, 0.29) is 23.8 Å². The van der Waals surface area contributed by atoms with Crippen LogP contribution in [0.1, 0.15) is 23.7 Å². The van der Waals surface area contributed by atoms with Crippen molar-refractivity contribution in [2.24, 2.45) is 11.7 Å². The number of hydrogen-bond acceptors (Lipinski definition) is 3. The second-order valence-electron chi connectivity index (χ2n) is 4.82. The fourth-order valence-electron chi connectivity index (χ4n) is 2.12. The van der Waals surface area contributed by atoms with E-state index in [0.717, 1.165) is 0 Å². The molecule has 1 aliphatic carbocycles. The first-order valence-corrected chi connectivity index (χ1v) is 6.73. The molecule has 2 rings (SSSR count). The van der Waals surface area contributed by atoms with Crippen LogP contribution >= 0.6 is 0 Å². The lowest BCUT2D eigenvalue weighted by Gasteiger charge is -2.11. The zero-order valence-corrected chi connectivity index (χ0v) is 11.4. The van der Waals surface area contributed by atoms with Gasteiger partial charge in [-0.25, -0.2) is 0 Å². The van der Waals surface area contributed by atoms with Crippen LogP contribution in [0.5, 0.6) is 0 Å². The predicted octanol–water partition coefficient (Wildman–Crippen LogP) is 1.28. The number of nitrogens with one attached hydrogen (secondary N) is 2. The monoisotopic (exact) mass is 273 g/mol. The number of benzene rings is 1. The lowest BCUT2D eigenvalue weighted by atomic mass is 10.1. The van der Waals surface area contributed by atoms with Gasteiger partial charge in [-0.3, -0.25) is 9.59 Å². The number of rotatable bonds is 4. The summed E-state index contributed by atoms with van der Waals surface area (Å²) in [5, 5.41) is 5.55. The van der Waals surface area contributed by atoms with Crippen LogP contribution in [0.25, 0.3) is 0 Å². The molecule has 0 aliphatic heterocycles. The average molecular weight is 273 g/mol. The van der Waals surface area contributed by atoms with Crippen molar-refractivity contribution in [2.75, 3.05) is 11.9 Å². The highest BCUT2D eigenvalue weighted by molar-refractivity contribution is 5.96. The molecule has 106 valence electrons. The van der Waals surface area contributed by atoms with Gasteiger partial charge in [-0.15, -0.1) is 0 Å². The van der Waals surface area contributed by atoms with Gasteiger partial charge >= 0.3 is 0 Å². The van der Waals surface area contributed by atoms with Crippen LogP contribution in [-0.4, -0.2) is 24.4 Å². The summed E-state index contributed by atoms with van der Waals surface area (Å²) in [6, 6.07) is 6.79. The van der Waals surface area contributed by atoms with E-state index in [9.17, 15) is 9.59 Å². The van der Waals surface area contributed by atoms with Crippen molar-refractivity contribution in [1.82, 2.24) is 5.32 Å². The summed E-state index contributed by atoms with van der Waals surface area (Å²) in [4.78, 5) is 23.6. The molecule has 2 unspecified atom stereocenters. The molecular weight excluding hydrogens is 254 g/mol. The lowest BCUT2D eigenvalue weighted by Crippen LogP contribution is -2.24. The molecule has 0 aromatic heterocycles. The van der Waals surface area contributed by atoms with Crippen molar-refractivity contribution in [1.29, 1.82) is 0 Å². The van der Waals surface area contributed by atoms with Crippen molar-refractivity contribution in [2.45, 2.75) is 19.4 Å². The fraction of sp³-hybridized carbons (Fsp3) is 0.333. The van der Waals surface area contributed by atoms with E-state index in [4.69, 9.17) is 5.73 Å². The highest BCUT2D eigenvalue weighted by atomic mass is 16.2. The molecular formula is C15H19N3O2. The highest BCUT2D eigenvalue weighted by Crippen LogP contribution is 2.19. The number of amides is 2. The van der Waals surface area contributed by atoms with Crippen molar-refractivity contribution < 1.29 is 9.59 Å². The Labute approximate surface area is 118 Å². The van der Waals surface area contributed by atoms with Crippen LogP contribution in [0.4, 0.5) is 5.69 Å². The summed E-state index contributed by atoms with van der Waals surface area (Å²) in [6.45, 7) is 2.46. The zero-order valence-electron chi connectivity index (χ0n) is 11.4. The minimum absolute atomic E-state index is 0.0362. The van der Waals surface area contributed by atoms with E-state index in [1.54, 1.807) is 24.3 Å². The maximum Gasteiger partial charge on any atom is 0.251 e. The topological polar surface area (TPSA) is 84.2 Å². The Morgan fingerprint density at radius 1 is 1.25 bits per heavy atom. The largest absolute Gasteiger partial charge is 0.352 e. The first-order chi connectivity index (χ1) is 9.60. The maximum atomic E-state index is 12.0. The van der Waals surface area contributed by atoms with Crippen LogP contribution in [0.2, 0.25) is 0 Å². The quantitative estimate of drug-likeness (QED) is 0.722. The molecule has 0 saturated carbocycles. The number of anilines is 1. The number of carbonyl (C=O) groups is 2. The molecule has 0 fully saturated rings. The summed E-state index contributed by atoms with van der Waals surface area (Å²) in [5.41, 5.74) is 6.98. The smallest absolute Gasteiger partial charge is 0.251 e. The Balaban J connectivity index is 1.95. The molecule has 1 aromatic carbocycles. The minimum Gasteiger partial charge on any atom is -0.352 e. The van der Waals surface area contributed by atoms with Gasteiger partial charge in [0.15, 0.2) is 0 Å². The summed E-state index contributed by atoms with van der Waals surface area (Å²) in [7, 11) is 0. The first kappa shape index (κ1) is 14.3. The zero-order chi connectivity index (χ0) is 14.5. The summed E-state index contributed by atoms with van der Waals surface area (Å²) in [6.07, 6.45) is 4.33. The molecule has 0 bridgehead atoms. The Bertz CT molecular complexity index is 522. The van der Waals surface area contributed by atoms with Crippen molar-refractivity contribution in [3.63, 3.8) is 0 Å². The molecule has 2 atom stereocenters. The van der Waals surface area contributed by atoms with Crippen LogP contribution in [-0.2, 0) is 4.79 Å². The van der Waals surface area contributed by atoms with Gasteiger partial charge in [0, 0.05) is 23.8 Å². The van der Waals surface area contributed by atoms with Gasteiger partial charge in [0.2, 0.25) is 5.91 Å². The molecule has 0 spiro atoms. The van der Waals surface area contributed by atoms with Gasteiger partial charge < -0.3 is 16.4 Å². The van der Waals surface area contributed by atoms with E-state index in [1.165, 1.54) is 0 Å². The van der Waals surface area contributed by atoms with Crippen molar-refractivity contribution in [3.8, 4) is 0 Å². The second kappa shape index (κ2) is 6.34. The van der Waals surface area contributed by atoms with Crippen molar-refractivity contribution >= 4 is 17.5 Å². The molecule has 0 saturated heterocycles. The number of hydrogen-bond donors (Lipinski definition) is 3. The SMILES string of the molecule is CCNC(=O)c1ccc(NC(=O)C2C=CC(N)C2)cc1. The fourth-order valence-corrected chi connectivity index (χ4v) is 2.12. The molecule has 0 heterocycles. The second-order valence-corrected chi connectivity index (χ2v) is 4.82. The molecule has 5 heteroatoms. The molecule has 20 heavy (non-hydrogen) atoms. The van der Waals surface area contributed by atoms with Crippen molar-refractivity contribution in [3.05, 3.63) is 42.0 Å². The Morgan fingerprint density at radius 2 is 1.95 bits per heavy atom. The standard InChI is InChI=1S/C15H19N3O2/c1-2-17-14(19)10-4-7-13(8-5-10)18-15(20)11-3-6-12(16)9-11/h3-8,11-12H,2,9,16H2,1H3,(H,17,19)(H,18,20). The Morgan fingerprint density at radius 3 is 2.50 bits per heavy atom. The maximum absolute atomic E-state index is 12.0. The van der Waals surface area contributed by atoms with E-state index >= 15 is 0 Å². The molecule has 1 aromatic rings. The summed E-state index contributed by atoms with van der Waals surface area (Å²) < 4.78 is 0. The third-order valence-corrected chi connectivity index (χ3v) is 3.21. The van der Waals surface area contributed by atoms with E-state index < -0.39 is 0 Å². The van der Waals surface area contributed by atoms with Gasteiger partial charge in [-0.2, -0.15) is 0 Å². The Kier molecular flexibility index (Phi) is 4.53. The van der Waals surface area contributed by atoms with Gasteiger partial charge in [0.25, 0.3) is 5.91 Å². The summed E-state index contributed by atoms with van der Waals surface area (Å²) >= 11 is 0. The van der Waals surface area contributed by atoms with E-state index in [1.807, 2.05) is 19.1 Å². The third-order valence-electron chi connectivity index (χ3n) is 3.21. The molecule has 0 radical (unpaired) electrons. The highest BCUT2D eigenvalue weighted by Gasteiger charge is 2.22. The van der Waals surface area contributed by atoms with Crippen LogP contribution in [0.3, 0.4) is 0 Å². The summed E-state index contributed by atoms with van der Waals surface area (Å²) in [5.74, 6) is -0.358. The molecule has 1 aliphatic rings. The third kappa shape index (κ3) is 3.45. The molecule has 2 amide bonds. The van der Waals surface area contributed by atoms with Gasteiger partial charge in [0.1, 0.15) is 0 Å². The first-order valence-electron chi connectivity index (χ1n) is 6.73. The van der Waals surface area contributed by atoms with Crippen LogP contribution in [0, 0.1) is 5.92 Å². The average Bonchev–Trinajstić information content (AvgIpc) is 2.86. The van der Waals surface area contributed by atoms with Gasteiger partial charge in [-0.1, -0.05) is 12.2 Å². The minimum atomic E-state index is -0.173. The number of carbonyl (C=O) groups excluding carboxylic acids is 2. The number of nitrogens with two attached hydrogens (primary N) is 1.